The van der Waals surface area contributed by atoms with Crippen LogP contribution in [0.25, 0.3) is 0 Å². The average molecular weight is 205 g/mol. The minimum Gasteiger partial charge on any atom is -0.319 e. The fraction of sp³-hybridized carbons (Fsp3) is 0.500. The van der Waals surface area contributed by atoms with E-state index in [1.54, 1.807) is 13.8 Å². The van der Waals surface area contributed by atoms with E-state index in [9.17, 15) is 13.2 Å². The molecule has 0 saturated carbocycles. The molecule has 0 aliphatic carbocycles. The predicted octanol–water partition coefficient (Wildman–Crippen LogP) is 1.69. The smallest absolute Gasteiger partial charge is 0.319 e. The summed E-state index contributed by atoms with van der Waals surface area (Å²) in [6.45, 7) is 3.09. The summed E-state index contributed by atoms with van der Waals surface area (Å²) in [5.74, 6) is -0.0210. The van der Waals surface area contributed by atoms with Crippen LogP contribution in [0.2, 0.25) is 0 Å². The van der Waals surface area contributed by atoms with E-state index < -0.39 is 17.4 Å². The van der Waals surface area contributed by atoms with Gasteiger partial charge in [0.25, 0.3) is 0 Å². The lowest BCUT2D eigenvalue weighted by Gasteiger charge is -2.17. The van der Waals surface area contributed by atoms with E-state index in [4.69, 9.17) is 5.73 Å². The summed E-state index contributed by atoms with van der Waals surface area (Å²) in [6, 6.07) is 0.815. The molecule has 0 radical (unpaired) electrons. The van der Waals surface area contributed by atoms with E-state index >= 15 is 0 Å². The highest BCUT2D eigenvalue weighted by molar-refractivity contribution is 5.10. The van der Waals surface area contributed by atoms with Gasteiger partial charge in [0.05, 0.1) is 5.54 Å². The molecule has 1 aromatic heterocycles. The summed E-state index contributed by atoms with van der Waals surface area (Å²) >= 11 is 0. The number of hydrogen-bond acceptors (Lipinski definition) is 3. The second kappa shape index (κ2) is 3.20. The van der Waals surface area contributed by atoms with Gasteiger partial charge in [-0.25, -0.2) is 9.97 Å². The SMILES string of the molecule is CC(C)(N)c1nccc(C(F)(F)F)n1. The van der Waals surface area contributed by atoms with Crippen molar-refractivity contribution in [3.05, 3.63) is 23.8 Å². The van der Waals surface area contributed by atoms with Crippen LogP contribution in [-0.4, -0.2) is 9.97 Å². The van der Waals surface area contributed by atoms with E-state index in [1.165, 1.54) is 0 Å². The third kappa shape index (κ3) is 2.41. The Morgan fingerprint density at radius 3 is 2.29 bits per heavy atom. The van der Waals surface area contributed by atoms with Gasteiger partial charge in [0, 0.05) is 6.20 Å². The van der Waals surface area contributed by atoms with Gasteiger partial charge in [0.15, 0.2) is 0 Å². The van der Waals surface area contributed by atoms with Crippen LogP contribution in [0, 0.1) is 0 Å². The first-order valence-corrected chi connectivity index (χ1v) is 3.91. The zero-order valence-electron chi connectivity index (χ0n) is 7.76. The first-order chi connectivity index (χ1) is 6.21. The molecular formula is C8H10F3N3. The Bertz CT molecular complexity index is 298. The first kappa shape index (κ1) is 10.9. The van der Waals surface area contributed by atoms with Crippen LogP contribution in [0.15, 0.2) is 12.3 Å². The summed E-state index contributed by atoms with van der Waals surface area (Å²) in [7, 11) is 0. The lowest BCUT2D eigenvalue weighted by molar-refractivity contribution is -0.141. The van der Waals surface area contributed by atoms with Crippen LogP contribution in [0.1, 0.15) is 25.4 Å². The summed E-state index contributed by atoms with van der Waals surface area (Å²) in [4.78, 5) is 7.04. The maximum absolute atomic E-state index is 12.2. The molecule has 0 unspecified atom stereocenters. The van der Waals surface area contributed by atoms with Gasteiger partial charge >= 0.3 is 6.18 Å². The van der Waals surface area contributed by atoms with Gasteiger partial charge in [-0.1, -0.05) is 0 Å². The van der Waals surface area contributed by atoms with Crippen LogP contribution < -0.4 is 5.73 Å². The van der Waals surface area contributed by atoms with E-state index in [1.807, 2.05) is 0 Å². The molecule has 0 amide bonds. The second-order valence-electron chi connectivity index (χ2n) is 3.48. The van der Waals surface area contributed by atoms with Crippen LogP contribution in [0.4, 0.5) is 13.2 Å². The van der Waals surface area contributed by atoms with Crippen molar-refractivity contribution in [3.63, 3.8) is 0 Å². The maximum atomic E-state index is 12.2. The lowest BCUT2D eigenvalue weighted by atomic mass is 10.1. The third-order valence-corrected chi connectivity index (χ3v) is 1.52. The number of rotatable bonds is 1. The molecule has 0 fully saturated rings. The number of nitrogens with zero attached hydrogens (tertiary/aromatic N) is 2. The van der Waals surface area contributed by atoms with Crippen molar-refractivity contribution in [3.8, 4) is 0 Å². The summed E-state index contributed by atoms with van der Waals surface area (Å²) in [6.07, 6.45) is -3.40. The Hall–Kier alpha value is -1.17. The van der Waals surface area contributed by atoms with Crippen molar-refractivity contribution in [2.24, 2.45) is 5.73 Å². The molecule has 1 aromatic rings. The Morgan fingerprint density at radius 2 is 1.86 bits per heavy atom. The Morgan fingerprint density at radius 1 is 1.29 bits per heavy atom. The number of halogens is 3. The van der Waals surface area contributed by atoms with Gasteiger partial charge in [-0.15, -0.1) is 0 Å². The monoisotopic (exact) mass is 205 g/mol. The highest BCUT2D eigenvalue weighted by Crippen LogP contribution is 2.27. The van der Waals surface area contributed by atoms with Crippen molar-refractivity contribution in [2.45, 2.75) is 25.6 Å². The Balaban J connectivity index is 3.15. The summed E-state index contributed by atoms with van der Waals surface area (Å²) < 4.78 is 36.7. The van der Waals surface area contributed by atoms with Gasteiger partial charge in [0.1, 0.15) is 11.5 Å². The summed E-state index contributed by atoms with van der Waals surface area (Å²) in [5.41, 5.74) is 3.63. The molecule has 0 bridgehead atoms. The topological polar surface area (TPSA) is 51.8 Å². The molecule has 1 rings (SSSR count). The molecule has 3 nitrogen and oxygen atoms in total. The quantitative estimate of drug-likeness (QED) is 0.759. The van der Waals surface area contributed by atoms with Crippen molar-refractivity contribution < 1.29 is 13.2 Å². The van der Waals surface area contributed by atoms with E-state index in [-0.39, 0.29) is 5.82 Å². The molecule has 14 heavy (non-hydrogen) atoms. The fourth-order valence-electron chi connectivity index (χ4n) is 0.827. The number of alkyl halides is 3. The normalized spacial score (nSPS) is 13.0. The number of hydrogen-bond donors (Lipinski definition) is 1. The van der Waals surface area contributed by atoms with Crippen molar-refractivity contribution in [1.82, 2.24) is 9.97 Å². The fourth-order valence-corrected chi connectivity index (χ4v) is 0.827. The molecule has 0 aromatic carbocycles. The highest BCUT2D eigenvalue weighted by atomic mass is 19.4. The van der Waals surface area contributed by atoms with Crippen LogP contribution >= 0.6 is 0 Å². The molecule has 0 aliphatic heterocycles. The second-order valence-corrected chi connectivity index (χ2v) is 3.48. The van der Waals surface area contributed by atoms with Crippen molar-refractivity contribution >= 4 is 0 Å². The zero-order chi connectivity index (χ0) is 11.0. The molecule has 1 heterocycles. The molecule has 78 valence electrons. The van der Waals surface area contributed by atoms with Crippen LogP contribution in [-0.2, 0) is 11.7 Å². The molecule has 0 spiro atoms. The van der Waals surface area contributed by atoms with Gasteiger partial charge in [-0.2, -0.15) is 13.2 Å². The van der Waals surface area contributed by atoms with Gasteiger partial charge in [-0.3, -0.25) is 0 Å². The summed E-state index contributed by atoms with van der Waals surface area (Å²) in [5, 5.41) is 0. The lowest BCUT2D eigenvalue weighted by Crippen LogP contribution is -2.32. The van der Waals surface area contributed by atoms with Gasteiger partial charge in [-0.05, 0) is 19.9 Å². The average Bonchev–Trinajstić information content (AvgIpc) is 2.01. The van der Waals surface area contributed by atoms with Crippen molar-refractivity contribution in [2.75, 3.05) is 0 Å². The first-order valence-electron chi connectivity index (χ1n) is 3.91. The molecule has 0 saturated heterocycles. The third-order valence-electron chi connectivity index (χ3n) is 1.52. The Labute approximate surface area is 79.2 Å². The molecule has 0 aliphatic rings. The van der Waals surface area contributed by atoms with Gasteiger partial charge < -0.3 is 5.73 Å². The maximum Gasteiger partial charge on any atom is 0.433 e. The van der Waals surface area contributed by atoms with Crippen LogP contribution in [0.5, 0.6) is 0 Å². The minimum absolute atomic E-state index is 0.0210. The molecule has 6 heteroatoms. The Kier molecular flexibility index (Phi) is 2.49. The molecule has 0 atom stereocenters. The zero-order valence-corrected chi connectivity index (χ0v) is 7.76. The molecule has 2 N–H and O–H groups in total. The van der Waals surface area contributed by atoms with E-state index in [2.05, 4.69) is 9.97 Å². The minimum atomic E-state index is -4.46. The largest absolute Gasteiger partial charge is 0.433 e. The van der Waals surface area contributed by atoms with E-state index in [0.29, 0.717) is 0 Å². The van der Waals surface area contributed by atoms with Gasteiger partial charge in [0.2, 0.25) is 0 Å². The van der Waals surface area contributed by atoms with E-state index in [0.717, 1.165) is 12.3 Å². The molecular weight excluding hydrogens is 195 g/mol. The number of nitrogens with two attached hydrogens (primary N) is 1. The van der Waals surface area contributed by atoms with Crippen LogP contribution in [0.3, 0.4) is 0 Å². The number of aromatic nitrogens is 2. The standard InChI is InChI=1S/C8H10F3N3/c1-7(2,12)6-13-4-3-5(14-6)8(9,10)11/h3-4H,12H2,1-2H3. The van der Waals surface area contributed by atoms with Crippen molar-refractivity contribution in [1.29, 1.82) is 0 Å². The predicted molar refractivity (Wildman–Crippen MR) is 44.2 cm³/mol. The highest BCUT2D eigenvalue weighted by Gasteiger charge is 2.33.